The minimum absolute atomic E-state index is 0.0676. The molecule has 0 saturated heterocycles. The molecule has 1 aliphatic heterocycles. The highest BCUT2D eigenvalue weighted by Crippen LogP contribution is 2.42. The molecular weight excluding hydrogens is 288 g/mol. The first-order valence-electron chi connectivity index (χ1n) is 7.01. The fourth-order valence-electron chi connectivity index (χ4n) is 2.58. The van der Waals surface area contributed by atoms with E-state index < -0.39 is 0 Å². The molecule has 1 nitrogen and oxygen atoms in total. The quantitative estimate of drug-likeness (QED) is 0.698. The predicted octanol–water partition coefficient (Wildman–Crippen LogP) is 5.31. The van der Waals surface area contributed by atoms with Crippen LogP contribution in [-0.2, 0) is 11.8 Å². The van der Waals surface area contributed by atoms with E-state index in [2.05, 4.69) is 51.1 Å². The summed E-state index contributed by atoms with van der Waals surface area (Å²) in [4.78, 5) is 2.61. The molecule has 106 valence electrons. The number of alkyl halides is 1. The Balaban J connectivity index is 1.95. The van der Waals surface area contributed by atoms with Crippen LogP contribution >= 0.6 is 22.9 Å². The predicted molar refractivity (Wildman–Crippen MR) is 86.4 cm³/mol. The highest BCUT2D eigenvalue weighted by molar-refractivity contribution is 7.12. The van der Waals surface area contributed by atoms with Crippen molar-refractivity contribution in [3.8, 4) is 5.75 Å². The van der Waals surface area contributed by atoms with Gasteiger partial charge >= 0.3 is 0 Å². The lowest BCUT2D eigenvalue weighted by Crippen LogP contribution is -2.18. The van der Waals surface area contributed by atoms with Gasteiger partial charge in [0.05, 0.1) is 12.0 Å². The van der Waals surface area contributed by atoms with Crippen molar-refractivity contribution in [2.45, 2.75) is 38.0 Å². The Hall–Kier alpha value is -0.990. The molecule has 0 aliphatic carbocycles. The van der Waals surface area contributed by atoms with E-state index in [9.17, 15) is 0 Å². The summed E-state index contributed by atoms with van der Waals surface area (Å²) < 4.78 is 5.74. The van der Waals surface area contributed by atoms with Crippen LogP contribution in [0.4, 0.5) is 0 Å². The van der Waals surface area contributed by atoms with E-state index in [1.165, 1.54) is 15.3 Å². The summed E-state index contributed by atoms with van der Waals surface area (Å²) in [5, 5.41) is -0.0676. The number of fused-ring (bicyclic) bond motifs is 1. The summed E-state index contributed by atoms with van der Waals surface area (Å²) in [7, 11) is 0. The number of ether oxygens (including phenoxy) is 1. The maximum absolute atomic E-state index is 6.67. The molecule has 1 unspecified atom stereocenters. The highest BCUT2D eigenvalue weighted by Gasteiger charge is 2.32. The molecule has 1 aromatic heterocycles. The molecule has 0 radical (unpaired) electrons. The Morgan fingerprint density at radius 2 is 2.10 bits per heavy atom. The summed E-state index contributed by atoms with van der Waals surface area (Å²) >= 11 is 8.47. The third-order valence-electron chi connectivity index (χ3n) is 3.89. The zero-order valence-corrected chi connectivity index (χ0v) is 13.6. The molecule has 1 aromatic carbocycles. The van der Waals surface area contributed by atoms with Crippen molar-refractivity contribution in [2.24, 2.45) is 0 Å². The standard InChI is InChI=1S/C17H19ClOS/c1-4-12-6-8-15(20-12)16(18)11-5-7-14-13(9-11)17(2,3)10-19-14/h5-9,16H,4,10H2,1-3H3. The van der Waals surface area contributed by atoms with Gasteiger partial charge in [0, 0.05) is 20.7 Å². The number of rotatable bonds is 3. The zero-order chi connectivity index (χ0) is 14.3. The Morgan fingerprint density at radius 1 is 1.30 bits per heavy atom. The number of aryl methyl sites for hydroxylation is 1. The number of hydrogen-bond donors (Lipinski definition) is 0. The minimum Gasteiger partial charge on any atom is -0.492 e. The van der Waals surface area contributed by atoms with Gasteiger partial charge in [0.2, 0.25) is 0 Å². The number of thiophene rings is 1. The van der Waals surface area contributed by atoms with Crippen LogP contribution in [0.15, 0.2) is 30.3 Å². The Kier molecular flexibility index (Phi) is 3.55. The normalized spacial score (nSPS) is 17.6. The molecule has 2 heterocycles. The first kappa shape index (κ1) is 14.0. The maximum atomic E-state index is 6.67. The Morgan fingerprint density at radius 3 is 2.80 bits per heavy atom. The van der Waals surface area contributed by atoms with Crippen LogP contribution in [0.2, 0.25) is 0 Å². The van der Waals surface area contributed by atoms with Gasteiger partial charge in [-0.3, -0.25) is 0 Å². The monoisotopic (exact) mass is 306 g/mol. The lowest BCUT2D eigenvalue weighted by atomic mass is 9.86. The lowest BCUT2D eigenvalue weighted by molar-refractivity contribution is 0.291. The van der Waals surface area contributed by atoms with Gasteiger partial charge in [0.15, 0.2) is 0 Å². The van der Waals surface area contributed by atoms with E-state index in [1.807, 2.05) is 0 Å². The van der Waals surface area contributed by atoms with Crippen LogP contribution in [0, 0.1) is 0 Å². The molecule has 0 N–H and O–H groups in total. The van der Waals surface area contributed by atoms with Crippen LogP contribution in [-0.4, -0.2) is 6.61 Å². The molecule has 2 aromatic rings. The van der Waals surface area contributed by atoms with Gasteiger partial charge in [-0.2, -0.15) is 0 Å². The number of hydrogen-bond acceptors (Lipinski definition) is 2. The number of halogens is 1. The molecule has 0 bridgehead atoms. The van der Waals surface area contributed by atoms with Crippen molar-refractivity contribution >= 4 is 22.9 Å². The van der Waals surface area contributed by atoms with Crippen LogP contribution in [0.25, 0.3) is 0 Å². The van der Waals surface area contributed by atoms with Gasteiger partial charge in [-0.25, -0.2) is 0 Å². The fraction of sp³-hybridized carbons (Fsp3) is 0.412. The van der Waals surface area contributed by atoms with E-state index in [4.69, 9.17) is 16.3 Å². The summed E-state index contributed by atoms with van der Waals surface area (Å²) in [5.41, 5.74) is 2.51. The molecule has 20 heavy (non-hydrogen) atoms. The minimum atomic E-state index is -0.0676. The molecule has 3 rings (SSSR count). The first-order valence-corrected chi connectivity index (χ1v) is 8.26. The molecule has 0 saturated carbocycles. The molecular formula is C17H19ClOS. The average Bonchev–Trinajstić information content (AvgIpc) is 3.03. The summed E-state index contributed by atoms with van der Waals surface area (Å²) in [6.45, 7) is 7.35. The molecule has 0 spiro atoms. The largest absolute Gasteiger partial charge is 0.492 e. The molecule has 1 atom stereocenters. The van der Waals surface area contributed by atoms with Crippen LogP contribution in [0.3, 0.4) is 0 Å². The smallest absolute Gasteiger partial charge is 0.123 e. The second kappa shape index (κ2) is 5.09. The van der Waals surface area contributed by atoms with Gasteiger partial charge in [0.25, 0.3) is 0 Å². The van der Waals surface area contributed by atoms with Crippen molar-refractivity contribution in [1.29, 1.82) is 0 Å². The van der Waals surface area contributed by atoms with Gasteiger partial charge in [-0.15, -0.1) is 22.9 Å². The van der Waals surface area contributed by atoms with Crippen molar-refractivity contribution in [1.82, 2.24) is 0 Å². The zero-order valence-electron chi connectivity index (χ0n) is 12.1. The fourth-order valence-corrected chi connectivity index (χ4v) is 3.88. The van der Waals surface area contributed by atoms with Crippen LogP contribution < -0.4 is 4.74 Å². The third kappa shape index (κ3) is 2.36. The third-order valence-corrected chi connectivity index (χ3v) is 5.81. The maximum Gasteiger partial charge on any atom is 0.123 e. The van der Waals surface area contributed by atoms with E-state index in [-0.39, 0.29) is 10.8 Å². The molecule has 3 heteroatoms. The van der Waals surface area contributed by atoms with E-state index >= 15 is 0 Å². The summed E-state index contributed by atoms with van der Waals surface area (Å²) in [5.74, 6) is 1.00. The Labute approximate surface area is 129 Å². The molecule has 1 aliphatic rings. The van der Waals surface area contributed by atoms with E-state index in [0.717, 1.165) is 24.3 Å². The van der Waals surface area contributed by atoms with Gasteiger partial charge in [0.1, 0.15) is 5.75 Å². The van der Waals surface area contributed by atoms with Crippen molar-refractivity contribution in [3.63, 3.8) is 0 Å². The van der Waals surface area contributed by atoms with E-state index in [1.54, 1.807) is 11.3 Å². The van der Waals surface area contributed by atoms with Crippen molar-refractivity contribution in [2.75, 3.05) is 6.61 Å². The number of benzene rings is 1. The van der Waals surface area contributed by atoms with Crippen molar-refractivity contribution in [3.05, 3.63) is 51.2 Å². The SMILES string of the molecule is CCc1ccc(C(Cl)c2ccc3c(c2)C(C)(C)CO3)s1. The van der Waals surface area contributed by atoms with Gasteiger partial charge in [-0.05, 0) is 36.2 Å². The average molecular weight is 307 g/mol. The topological polar surface area (TPSA) is 9.23 Å². The van der Waals surface area contributed by atoms with Crippen molar-refractivity contribution < 1.29 is 4.74 Å². The van der Waals surface area contributed by atoms with Crippen LogP contribution in [0.1, 0.15) is 47.0 Å². The second-order valence-corrected chi connectivity index (χ2v) is 7.58. The van der Waals surface area contributed by atoms with Crippen LogP contribution in [0.5, 0.6) is 5.75 Å². The van der Waals surface area contributed by atoms with E-state index in [0.29, 0.717) is 0 Å². The Bertz CT molecular complexity index is 630. The second-order valence-electron chi connectivity index (χ2n) is 5.95. The first-order chi connectivity index (χ1) is 9.51. The van der Waals surface area contributed by atoms with Gasteiger partial charge < -0.3 is 4.74 Å². The summed E-state index contributed by atoms with van der Waals surface area (Å²) in [6.07, 6.45) is 1.07. The summed E-state index contributed by atoms with van der Waals surface area (Å²) in [6, 6.07) is 10.7. The molecule has 0 amide bonds. The lowest BCUT2D eigenvalue weighted by Gasteiger charge is -2.17. The van der Waals surface area contributed by atoms with Gasteiger partial charge in [-0.1, -0.05) is 26.8 Å². The molecule has 0 fully saturated rings. The highest BCUT2D eigenvalue weighted by atomic mass is 35.5.